The van der Waals surface area contributed by atoms with Crippen molar-refractivity contribution in [1.82, 2.24) is 20.1 Å². The first-order valence-electron chi connectivity index (χ1n) is 6.09. The molecule has 0 saturated carbocycles. The highest BCUT2D eigenvalue weighted by Gasteiger charge is 2.22. The van der Waals surface area contributed by atoms with Gasteiger partial charge in [0.05, 0.1) is 46.8 Å². The summed E-state index contributed by atoms with van der Waals surface area (Å²) in [6.45, 7) is 4.31. The van der Waals surface area contributed by atoms with E-state index in [1.54, 1.807) is 18.4 Å². The topological polar surface area (TPSA) is 52.0 Å². The first-order valence-corrected chi connectivity index (χ1v) is 7.83. The summed E-state index contributed by atoms with van der Waals surface area (Å²) < 4.78 is 8.08. The van der Waals surface area contributed by atoms with Gasteiger partial charge in [0.2, 0.25) is 0 Å². The van der Waals surface area contributed by atoms with Crippen LogP contribution >= 0.6 is 27.3 Å². The summed E-state index contributed by atoms with van der Waals surface area (Å²) in [4.78, 5) is 4.42. The second kappa shape index (κ2) is 7.14. The van der Waals surface area contributed by atoms with Crippen LogP contribution in [-0.4, -0.2) is 35.0 Å². The molecule has 0 aliphatic carbocycles. The van der Waals surface area contributed by atoms with Crippen molar-refractivity contribution in [2.45, 2.75) is 19.5 Å². The van der Waals surface area contributed by atoms with Gasteiger partial charge in [0.15, 0.2) is 0 Å². The van der Waals surface area contributed by atoms with Gasteiger partial charge in [0.1, 0.15) is 0 Å². The van der Waals surface area contributed by atoms with Crippen LogP contribution in [0.25, 0.3) is 0 Å². The highest BCUT2D eigenvalue weighted by molar-refractivity contribution is 9.10. The Kier molecular flexibility index (Phi) is 5.50. The third-order valence-electron chi connectivity index (χ3n) is 2.77. The second-order valence-electron chi connectivity index (χ2n) is 4.00. The normalized spacial score (nSPS) is 12.8. The summed E-state index contributed by atoms with van der Waals surface area (Å²) in [5, 5.41) is 9.91. The molecular weight excluding hydrogens is 328 g/mol. The van der Waals surface area contributed by atoms with Crippen molar-refractivity contribution in [2.24, 2.45) is 0 Å². The Balaban J connectivity index is 2.33. The van der Waals surface area contributed by atoms with Crippen LogP contribution in [-0.2, 0) is 11.3 Å². The maximum Gasteiger partial charge on any atom is 0.0941 e. The summed E-state index contributed by atoms with van der Waals surface area (Å²) in [5.41, 5.74) is 3.96. The molecule has 19 heavy (non-hydrogen) atoms. The second-order valence-corrected chi connectivity index (χ2v) is 5.57. The molecule has 0 amide bonds. The van der Waals surface area contributed by atoms with Crippen molar-refractivity contribution in [2.75, 3.05) is 20.3 Å². The lowest BCUT2D eigenvalue weighted by atomic mass is 10.1. The minimum absolute atomic E-state index is 0.0463. The van der Waals surface area contributed by atoms with Gasteiger partial charge in [0.25, 0.3) is 0 Å². The van der Waals surface area contributed by atoms with Crippen molar-refractivity contribution < 1.29 is 4.74 Å². The lowest BCUT2D eigenvalue weighted by Gasteiger charge is -2.18. The van der Waals surface area contributed by atoms with Gasteiger partial charge in [-0.3, -0.25) is 4.68 Å². The number of ether oxygens (including phenoxy) is 1. The first-order chi connectivity index (χ1) is 9.27. The van der Waals surface area contributed by atoms with E-state index >= 15 is 0 Å². The van der Waals surface area contributed by atoms with Gasteiger partial charge in [-0.05, 0) is 22.5 Å². The number of thiazole rings is 1. The molecule has 7 heteroatoms. The molecule has 0 bridgehead atoms. The van der Waals surface area contributed by atoms with Crippen LogP contribution in [0.2, 0.25) is 0 Å². The third-order valence-corrected chi connectivity index (χ3v) is 3.99. The monoisotopic (exact) mass is 344 g/mol. The van der Waals surface area contributed by atoms with E-state index in [0.29, 0.717) is 6.61 Å². The van der Waals surface area contributed by atoms with Crippen molar-refractivity contribution >= 4 is 27.3 Å². The summed E-state index contributed by atoms with van der Waals surface area (Å²) in [6.07, 6.45) is 1.82. The van der Waals surface area contributed by atoms with Gasteiger partial charge >= 0.3 is 0 Å². The average molecular weight is 345 g/mol. The van der Waals surface area contributed by atoms with Crippen LogP contribution in [0.5, 0.6) is 0 Å². The zero-order valence-corrected chi connectivity index (χ0v) is 13.4. The number of methoxy groups -OCH3 is 1. The minimum Gasteiger partial charge on any atom is -0.383 e. The number of aromatic nitrogens is 3. The number of nitrogens with zero attached hydrogens (tertiary/aromatic N) is 3. The van der Waals surface area contributed by atoms with Crippen LogP contribution in [0, 0.1) is 0 Å². The number of hydrogen-bond donors (Lipinski definition) is 1. The molecule has 0 aliphatic rings. The predicted octanol–water partition coefficient (Wildman–Crippen LogP) is 2.45. The molecule has 1 atom stereocenters. The average Bonchev–Trinajstić information content (AvgIpc) is 3.04. The van der Waals surface area contributed by atoms with Crippen molar-refractivity contribution in [3.05, 3.63) is 32.9 Å². The summed E-state index contributed by atoms with van der Waals surface area (Å²) in [7, 11) is 1.69. The quantitative estimate of drug-likeness (QED) is 0.838. The summed E-state index contributed by atoms with van der Waals surface area (Å²) in [5.74, 6) is 0. The number of hydrogen-bond acceptors (Lipinski definition) is 5. The molecule has 2 rings (SSSR count). The molecule has 1 N–H and O–H groups in total. The maximum atomic E-state index is 5.13. The largest absolute Gasteiger partial charge is 0.383 e. The van der Waals surface area contributed by atoms with Crippen molar-refractivity contribution in [1.29, 1.82) is 0 Å². The SMILES string of the molecule is CCNC(c1cscn1)c1c(Br)cnn1CCOC. The number of halogens is 1. The van der Waals surface area contributed by atoms with Crippen LogP contribution in [0.1, 0.15) is 24.4 Å². The van der Waals surface area contributed by atoms with Gasteiger partial charge in [-0.25, -0.2) is 4.98 Å². The van der Waals surface area contributed by atoms with Crippen molar-refractivity contribution in [3.8, 4) is 0 Å². The zero-order valence-electron chi connectivity index (χ0n) is 11.0. The van der Waals surface area contributed by atoms with E-state index in [9.17, 15) is 0 Å². The summed E-state index contributed by atoms with van der Waals surface area (Å²) in [6, 6.07) is 0.0463. The molecular formula is C12H17BrN4OS. The Labute approximate surface area is 125 Å². The lowest BCUT2D eigenvalue weighted by molar-refractivity contribution is 0.182. The molecule has 0 aliphatic heterocycles. The number of nitrogens with one attached hydrogen (secondary N) is 1. The zero-order chi connectivity index (χ0) is 13.7. The third kappa shape index (κ3) is 3.42. The molecule has 2 heterocycles. The molecule has 0 aromatic carbocycles. The van der Waals surface area contributed by atoms with E-state index in [1.807, 2.05) is 16.4 Å². The standard InChI is InChI=1S/C12H17BrN4OS/c1-3-14-11(10-7-19-8-15-10)12-9(13)6-16-17(12)4-5-18-2/h6-8,11,14H,3-5H2,1-2H3. The van der Waals surface area contributed by atoms with Crippen LogP contribution < -0.4 is 5.32 Å². The molecule has 0 saturated heterocycles. The fourth-order valence-corrected chi connectivity index (χ4v) is 3.03. The van der Waals surface area contributed by atoms with E-state index < -0.39 is 0 Å². The smallest absolute Gasteiger partial charge is 0.0941 e. The maximum absolute atomic E-state index is 5.13. The Morgan fingerprint density at radius 2 is 2.42 bits per heavy atom. The van der Waals surface area contributed by atoms with Crippen LogP contribution in [0.4, 0.5) is 0 Å². The molecule has 5 nitrogen and oxygen atoms in total. The van der Waals surface area contributed by atoms with Gasteiger partial charge < -0.3 is 10.1 Å². The fraction of sp³-hybridized carbons (Fsp3) is 0.500. The van der Waals surface area contributed by atoms with E-state index in [-0.39, 0.29) is 6.04 Å². The molecule has 1 unspecified atom stereocenters. The predicted molar refractivity (Wildman–Crippen MR) is 79.4 cm³/mol. The lowest BCUT2D eigenvalue weighted by Crippen LogP contribution is -2.26. The van der Waals surface area contributed by atoms with E-state index in [2.05, 4.69) is 43.6 Å². The van der Waals surface area contributed by atoms with Crippen LogP contribution in [0.15, 0.2) is 21.6 Å². The Bertz CT molecular complexity index is 500. The Morgan fingerprint density at radius 3 is 3.05 bits per heavy atom. The highest BCUT2D eigenvalue weighted by Crippen LogP contribution is 2.28. The van der Waals surface area contributed by atoms with E-state index in [1.165, 1.54) is 0 Å². The van der Waals surface area contributed by atoms with Gasteiger partial charge in [-0.15, -0.1) is 11.3 Å². The van der Waals surface area contributed by atoms with Crippen LogP contribution in [0.3, 0.4) is 0 Å². The van der Waals surface area contributed by atoms with E-state index in [0.717, 1.165) is 29.0 Å². The molecule has 2 aromatic heterocycles. The Hall–Kier alpha value is -0.760. The molecule has 0 spiro atoms. The fourth-order valence-electron chi connectivity index (χ4n) is 1.92. The van der Waals surface area contributed by atoms with Gasteiger partial charge in [-0.1, -0.05) is 6.92 Å². The minimum atomic E-state index is 0.0463. The highest BCUT2D eigenvalue weighted by atomic mass is 79.9. The van der Waals surface area contributed by atoms with E-state index in [4.69, 9.17) is 4.74 Å². The van der Waals surface area contributed by atoms with Gasteiger partial charge in [-0.2, -0.15) is 5.10 Å². The molecule has 0 fully saturated rings. The summed E-state index contributed by atoms with van der Waals surface area (Å²) >= 11 is 5.18. The molecule has 104 valence electrons. The molecule has 0 radical (unpaired) electrons. The van der Waals surface area contributed by atoms with Gasteiger partial charge in [0, 0.05) is 12.5 Å². The molecule has 2 aromatic rings. The van der Waals surface area contributed by atoms with Crippen molar-refractivity contribution in [3.63, 3.8) is 0 Å². The Morgan fingerprint density at radius 1 is 1.58 bits per heavy atom. The first kappa shape index (κ1) is 14.6. The number of rotatable bonds is 7.